The number of carbonyl (C=O) groups is 1. The molecule has 0 aliphatic carbocycles. The second-order valence-electron chi connectivity index (χ2n) is 2.19. The zero-order valence-corrected chi connectivity index (χ0v) is 6.16. The second kappa shape index (κ2) is 1.80. The standard InChI is InChI=1S/C5H8O3S/c1-3-5(2)4(6)8-9(5)7/h3H2,1-2H3. The van der Waals surface area contributed by atoms with Crippen molar-refractivity contribution in [2.24, 2.45) is 0 Å². The quantitative estimate of drug-likeness (QED) is 0.539. The van der Waals surface area contributed by atoms with Crippen LogP contribution >= 0.6 is 0 Å². The molecule has 0 aromatic heterocycles. The molecular weight excluding hydrogens is 140 g/mol. The SMILES string of the molecule is CCC1(C)C(=O)OS1=O. The average Bonchev–Trinajstić information content (AvgIpc) is 1.87. The van der Waals surface area contributed by atoms with Crippen molar-refractivity contribution < 1.29 is 13.2 Å². The molecule has 4 heteroatoms. The highest BCUT2D eigenvalue weighted by atomic mass is 32.2. The van der Waals surface area contributed by atoms with Gasteiger partial charge < -0.3 is 4.18 Å². The summed E-state index contributed by atoms with van der Waals surface area (Å²) in [6, 6.07) is 0. The first kappa shape index (κ1) is 6.74. The minimum atomic E-state index is -1.38. The van der Waals surface area contributed by atoms with Crippen molar-refractivity contribution >= 4 is 17.0 Å². The normalized spacial score (nSPS) is 41.6. The van der Waals surface area contributed by atoms with Gasteiger partial charge in [0.1, 0.15) is 0 Å². The first-order valence-electron chi connectivity index (χ1n) is 2.76. The summed E-state index contributed by atoms with van der Waals surface area (Å²) >= 11 is -1.38. The third-order valence-electron chi connectivity index (χ3n) is 1.63. The Morgan fingerprint density at radius 2 is 2.33 bits per heavy atom. The van der Waals surface area contributed by atoms with Crippen LogP contribution in [0.15, 0.2) is 0 Å². The van der Waals surface area contributed by atoms with E-state index in [9.17, 15) is 9.00 Å². The van der Waals surface area contributed by atoms with Crippen LogP contribution in [0.1, 0.15) is 20.3 Å². The highest BCUT2D eigenvalue weighted by molar-refractivity contribution is 7.85. The van der Waals surface area contributed by atoms with E-state index in [-0.39, 0.29) is 5.97 Å². The van der Waals surface area contributed by atoms with Gasteiger partial charge in [0.15, 0.2) is 4.75 Å². The predicted molar refractivity (Wildman–Crippen MR) is 32.9 cm³/mol. The minimum absolute atomic E-state index is 0.344. The lowest BCUT2D eigenvalue weighted by Gasteiger charge is -2.31. The van der Waals surface area contributed by atoms with Gasteiger partial charge in [0.25, 0.3) is 0 Å². The molecule has 0 spiro atoms. The summed E-state index contributed by atoms with van der Waals surface area (Å²) < 4.78 is 14.2. The van der Waals surface area contributed by atoms with Gasteiger partial charge in [-0.2, -0.15) is 0 Å². The molecule has 0 bridgehead atoms. The molecule has 0 radical (unpaired) electrons. The van der Waals surface area contributed by atoms with Gasteiger partial charge in [-0.25, -0.2) is 9.00 Å². The summed E-state index contributed by atoms with van der Waals surface area (Å²) in [5, 5.41) is 0. The van der Waals surface area contributed by atoms with Crippen LogP contribution in [0.5, 0.6) is 0 Å². The fourth-order valence-electron chi connectivity index (χ4n) is 0.545. The van der Waals surface area contributed by atoms with Crippen molar-refractivity contribution in [1.82, 2.24) is 0 Å². The monoisotopic (exact) mass is 148 g/mol. The van der Waals surface area contributed by atoms with Crippen molar-refractivity contribution in [3.8, 4) is 0 Å². The third-order valence-corrected chi connectivity index (χ3v) is 3.12. The Balaban J connectivity index is 2.78. The summed E-state index contributed by atoms with van der Waals surface area (Å²) in [6.07, 6.45) is 0.582. The molecule has 1 heterocycles. The molecule has 0 saturated carbocycles. The summed E-state index contributed by atoms with van der Waals surface area (Å²) in [5.74, 6) is -0.344. The second-order valence-corrected chi connectivity index (χ2v) is 3.73. The minimum Gasteiger partial charge on any atom is -0.362 e. The molecule has 52 valence electrons. The van der Waals surface area contributed by atoms with Crippen molar-refractivity contribution in [1.29, 1.82) is 0 Å². The van der Waals surface area contributed by atoms with E-state index in [4.69, 9.17) is 0 Å². The van der Waals surface area contributed by atoms with Gasteiger partial charge in [-0.15, -0.1) is 0 Å². The first-order chi connectivity index (χ1) is 4.11. The van der Waals surface area contributed by atoms with Gasteiger partial charge >= 0.3 is 5.97 Å². The Bertz CT molecular complexity index is 161. The zero-order valence-electron chi connectivity index (χ0n) is 5.34. The first-order valence-corrected chi connectivity index (χ1v) is 3.83. The van der Waals surface area contributed by atoms with E-state index in [1.165, 1.54) is 0 Å². The smallest absolute Gasteiger partial charge is 0.342 e. The molecule has 1 saturated heterocycles. The van der Waals surface area contributed by atoms with Crippen LogP contribution < -0.4 is 0 Å². The lowest BCUT2D eigenvalue weighted by atomic mass is 10.1. The molecule has 2 atom stereocenters. The fraction of sp³-hybridized carbons (Fsp3) is 0.800. The Morgan fingerprint density at radius 3 is 2.44 bits per heavy atom. The lowest BCUT2D eigenvalue weighted by Crippen LogP contribution is -2.52. The van der Waals surface area contributed by atoms with E-state index in [2.05, 4.69) is 4.18 Å². The number of hydrogen-bond donors (Lipinski definition) is 0. The van der Waals surface area contributed by atoms with Crippen LogP contribution in [0.4, 0.5) is 0 Å². The van der Waals surface area contributed by atoms with Gasteiger partial charge in [0, 0.05) is 0 Å². The van der Waals surface area contributed by atoms with Gasteiger partial charge in [-0.1, -0.05) is 6.92 Å². The van der Waals surface area contributed by atoms with Gasteiger partial charge in [-0.3, -0.25) is 0 Å². The maximum Gasteiger partial charge on any atom is 0.342 e. The molecular formula is C5H8O3S. The summed E-state index contributed by atoms with van der Waals surface area (Å²) in [4.78, 5) is 10.6. The Morgan fingerprint density at radius 1 is 1.78 bits per heavy atom. The number of hydrogen-bond acceptors (Lipinski definition) is 3. The van der Waals surface area contributed by atoms with E-state index in [1.807, 2.05) is 6.92 Å². The van der Waals surface area contributed by atoms with Crippen LogP contribution in [0.25, 0.3) is 0 Å². The molecule has 2 unspecified atom stereocenters. The topological polar surface area (TPSA) is 43.4 Å². The van der Waals surface area contributed by atoms with E-state index in [0.29, 0.717) is 6.42 Å². The van der Waals surface area contributed by atoms with Crippen molar-refractivity contribution in [2.45, 2.75) is 25.0 Å². The molecule has 1 aliphatic heterocycles. The molecule has 0 aromatic carbocycles. The molecule has 0 N–H and O–H groups in total. The highest BCUT2D eigenvalue weighted by Crippen LogP contribution is 2.30. The molecule has 9 heavy (non-hydrogen) atoms. The maximum atomic E-state index is 10.7. The largest absolute Gasteiger partial charge is 0.362 e. The van der Waals surface area contributed by atoms with Crippen LogP contribution in [0.3, 0.4) is 0 Å². The van der Waals surface area contributed by atoms with Crippen LogP contribution in [-0.4, -0.2) is 14.9 Å². The molecule has 1 aliphatic rings. The Labute approximate surface area is 56.1 Å². The predicted octanol–water partition coefficient (Wildman–Crippen LogP) is 0.376. The fourth-order valence-corrected chi connectivity index (χ4v) is 1.35. The zero-order chi connectivity index (χ0) is 7.07. The Kier molecular flexibility index (Phi) is 1.35. The van der Waals surface area contributed by atoms with Gasteiger partial charge in [-0.05, 0) is 13.3 Å². The Hall–Kier alpha value is -0.380. The van der Waals surface area contributed by atoms with E-state index >= 15 is 0 Å². The van der Waals surface area contributed by atoms with Gasteiger partial charge in [0.05, 0.1) is 0 Å². The van der Waals surface area contributed by atoms with Crippen LogP contribution in [0, 0.1) is 0 Å². The summed E-state index contributed by atoms with van der Waals surface area (Å²) in [5.41, 5.74) is 0. The van der Waals surface area contributed by atoms with Crippen molar-refractivity contribution in [3.05, 3.63) is 0 Å². The molecule has 0 amide bonds. The molecule has 0 aromatic rings. The number of rotatable bonds is 1. The van der Waals surface area contributed by atoms with Gasteiger partial charge in [0.2, 0.25) is 11.1 Å². The lowest BCUT2D eigenvalue weighted by molar-refractivity contribution is -0.141. The summed E-state index contributed by atoms with van der Waals surface area (Å²) in [7, 11) is 0. The van der Waals surface area contributed by atoms with Crippen LogP contribution in [0.2, 0.25) is 0 Å². The van der Waals surface area contributed by atoms with Crippen molar-refractivity contribution in [2.75, 3.05) is 0 Å². The molecule has 1 rings (SSSR count). The average molecular weight is 148 g/mol. The molecule has 1 fully saturated rings. The van der Waals surface area contributed by atoms with E-state index in [1.54, 1.807) is 6.92 Å². The van der Waals surface area contributed by atoms with E-state index < -0.39 is 15.8 Å². The molecule has 3 nitrogen and oxygen atoms in total. The maximum absolute atomic E-state index is 10.7. The summed E-state index contributed by atoms with van der Waals surface area (Å²) in [6.45, 7) is 3.47. The van der Waals surface area contributed by atoms with E-state index in [0.717, 1.165) is 0 Å². The van der Waals surface area contributed by atoms with Crippen LogP contribution in [-0.2, 0) is 20.1 Å². The number of carbonyl (C=O) groups excluding carboxylic acids is 1. The third kappa shape index (κ3) is 0.694. The van der Waals surface area contributed by atoms with Crippen molar-refractivity contribution in [3.63, 3.8) is 0 Å². The highest BCUT2D eigenvalue weighted by Gasteiger charge is 2.52.